The van der Waals surface area contributed by atoms with Crippen molar-refractivity contribution in [3.63, 3.8) is 0 Å². The number of fused-ring (bicyclic) bond motifs is 1. The maximum atomic E-state index is 5.94. The Kier molecular flexibility index (Phi) is 3.76. The van der Waals surface area contributed by atoms with Crippen LogP contribution in [0.3, 0.4) is 0 Å². The molecule has 1 aliphatic heterocycles. The summed E-state index contributed by atoms with van der Waals surface area (Å²) in [5, 5.41) is 0. The number of rotatable bonds is 3. The molecule has 2 aromatic rings. The van der Waals surface area contributed by atoms with Crippen LogP contribution in [0.25, 0.3) is 5.65 Å². The van der Waals surface area contributed by atoms with Gasteiger partial charge in [0.2, 0.25) is 0 Å². The van der Waals surface area contributed by atoms with Gasteiger partial charge < -0.3 is 10.1 Å². The molecule has 0 radical (unpaired) electrons. The lowest BCUT2D eigenvalue weighted by Crippen LogP contribution is -2.48. The Morgan fingerprint density at radius 1 is 1.40 bits per heavy atom. The molecule has 2 aromatic heterocycles. The number of hydrogen-bond donors (Lipinski definition) is 1. The number of piperidine rings is 1. The molecule has 2 unspecified atom stereocenters. The average Bonchev–Trinajstić information content (AvgIpc) is 2.85. The standard InChI is InChI=1S/C16H24N4/c1-12-5-4-8-19-10-14(18-16(12)19)11-20-13(2)6-3-7-15(20)9-17/h4-5,8,10,13,15H,3,6-7,9,11,17H2,1-2H3. The predicted octanol–water partition coefficient (Wildman–Crippen LogP) is 2.34. The van der Waals surface area contributed by atoms with Gasteiger partial charge in [-0.2, -0.15) is 0 Å². The molecular weight excluding hydrogens is 248 g/mol. The van der Waals surface area contributed by atoms with E-state index in [-0.39, 0.29) is 0 Å². The third-order valence-electron chi connectivity index (χ3n) is 4.54. The Labute approximate surface area is 120 Å². The van der Waals surface area contributed by atoms with E-state index < -0.39 is 0 Å². The summed E-state index contributed by atoms with van der Waals surface area (Å²) < 4.78 is 2.12. The minimum absolute atomic E-state index is 0.504. The monoisotopic (exact) mass is 272 g/mol. The van der Waals surface area contributed by atoms with E-state index in [0.29, 0.717) is 12.1 Å². The van der Waals surface area contributed by atoms with Crippen molar-refractivity contribution in [2.45, 2.75) is 51.7 Å². The number of aryl methyl sites for hydroxylation is 1. The molecule has 0 saturated carbocycles. The van der Waals surface area contributed by atoms with E-state index in [1.54, 1.807) is 0 Å². The maximum Gasteiger partial charge on any atom is 0.139 e. The predicted molar refractivity (Wildman–Crippen MR) is 81.6 cm³/mol. The molecule has 3 heterocycles. The van der Waals surface area contributed by atoms with Crippen molar-refractivity contribution < 1.29 is 0 Å². The zero-order valence-corrected chi connectivity index (χ0v) is 12.4. The lowest BCUT2D eigenvalue weighted by atomic mass is 9.96. The van der Waals surface area contributed by atoms with Crippen LogP contribution in [0, 0.1) is 6.92 Å². The van der Waals surface area contributed by atoms with Gasteiger partial charge in [0.05, 0.1) is 5.69 Å². The van der Waals surface area contributed by atoms with Crippen molar-refractivity contribution in [1.82, 2.24) is 14.3 Å². The van der Waals surface area contributed by atoms with E-state index in [4.69, 9.17) is 10.7 Å². The van der Waals surface area contributed by atoms with Gasteiger partial charge >= 0.3 is 0 Å². The highest BCUT2D eigenvalue weighted by Crippen LogP contribution is 2.24. The fraction of sp³-hybridized carbons (Fsp3) is 0.562. The van der Waals surface area contributed by atoms with Crippen LogP contribution >= 0.6 is 0 Å². The van der Waals surface area contributed by atoms with E-state index in [2.05, 4.69) is 47.7 Å². The minimum atomic E-state index is 0.504. The Balaban J connectivity index is 1.86. The number of likely N-dealkylation sites (tertiary alicyclic amines) is 1. The van der Waals surface area contributed by atoms with Gasteiger partial charge in [-0.1, -0.05) is 12.5 Å². The summed E-state index contributed by atoms with van der Waals surface area (Å²) in [4.78, 5) is 7.32. The van der Waals surface area contributed by atoms with Gasteiger partial charge in [-0.05, 0) is 38.3 Å². The second-order valence-corrected chi connectivity index (χ2v) is 6.00. The van der Waals surface area contributed by atoms with Crippen molar-refractivity contribution in [2.75, 3.05) is 6.54 Å². The molecule has 2 atom stereocenters. The van der Waals surface area contributed by atoms with E-state index in [9.17, 15) is 0 Å². The lowest BCUT2D eigenvalue weighted by Gasteiger charge is -2.39. The van der Waals surface area contributed by atoms with Crippen LogP contribution in [-0.4, -0.2) is 32.9 Å². The molecule has 2 N–H and O–H groups in total. The highest BCUT2D eigenvalue weighted by Gasteiger charge is 2.27. The van der Waals surface area contributed by atoms with E-state index in [1.807, 2.05) is 0 Å². The molecule has 0 aliphatic carbocycles. The van der Waals surface area contributed by atoms with Crippen LogP contribution < -0.4 is 5.73 Å². The van der Waals surface area contributed by atoms with Gasteiger partial charge in [0.25, 0.3) is 0 Å². The molecule has 0 amide bonds. The van der Waals surface area contributed by atoms with Crippen LogP contribution in [0.15, 0.2) is 24.5 Å². The summed E-state index contributed by atoms with van der Waals surface area (Å²) in [5.41, 5.74) is 9.38. The van der Waals surface area contributed by atoms with E-state index in [1.165, 1.54) is 24.8 Å². The molecule has 0 bridgehead atoms. The Bertz CT molecular complexity index is 589. The van der Waals surface area contributed by atoms with E-state index in [0.717, 1.165) is 24.4 Å². The molecule has 4 nitrogen and oxygen atoms in total. The summed E-state index contributed by atoms with van der Waals surface area (Å²) in [7, 11) is 0. The van der Waals surface area contributed by atoms with Crippen molar-refractivity contribution in [3.8, 4) is 0 Å². The number of imidazole rings is 1. The zero-order chi connectivity index (χ0) is 14.1. The molecule has 0 aromatic carbocycles. The van der Waals surface area contributed by atoms with Gasteiger partial charge in [0, 0.05) is 37.6 Å². The highest BCUT2D eigenvalue weighted by atomic mass is 15.2. The van der Waals surface area contributed by atoms with Crippen molar-refractivity contribution in [2.24, 2.45) is 5.73 Å². The fourth-order valence-corrected chi connectivity index (χ4v) is 3.35. The number of pyridine rings is 1. The number of hydrogen-bond acceptors (Lipinski definition) is 3. The van der Waals surface area contributed by atoms with Crippen molar-refractivity contribution in [3.05, 3.63) is 35.8 Å². The summed E-state index contributed by atoms with van der Waals surface area (Å²) >= 11 is 0. The summed E-state index contributed by atoms with van der Waals surface area (Å²) in [6.45, 7) is 6.07. The maximum absolute atomic E-state index is 5.94. The molecule has 3 rings (SSSR count). The second kappa shape index (κ2) is 5.54. The molecule has 1 aliphatic rings. The quantitative estimate of drug-likeness (QED) is 0.933. The molecule has 108 valence electrons. The van der Waals surface area contributed by atoms with Crippen molar-refractivity contribution >= 4 is 5.65 Å². The Hall–Kier alpha value is -1.39. The number of nitrogens with zero attached hydrogens (tertiary/aromatic N) is 3. The lowest BCUT2D eigenvalue weighted by molar-refractivity contribution is 0.0880. The van der Waals surface area contributed by atoms with Gasteiger partial charge in [-0.25, -0.2) is 4.98 Å². The van der Waals surface area contributed by atoms with E-state index >= 15 is 0 Å². The molecular formula is C16H24N4. The second-order valence-electron chi connectivity index (χ2n) is 6.00. The minimum Gasteiger partial charge on any atom is -0.329 e. The zero-order valence-electron chi connectivity index (χ0n) is 12.4. The first kappa shape index (κ1) is 13.6. The Morgan fingerprint density at radius 2 is 2.25 bits per heavy atom. The number of aromatic nitrogens is 2. The average molecular weight is 272 g/mol. The van der Waals surface area contributed by atoms with Crippen molar-refractivity contribution in [1.29, 1.82) is 0 Å². The normalized spacial score (nSPS) is 24.4. The van der Waals surface area contributed by atoms with Gasteiger partial charge in [0.1, 0.15) is 5.65 Å². The summed E-state index contributed by atoms with van der Waals surface area (Å²) in [6, 6.07) is 5.28. The summed E-state index contributed by atoms with van der Waals surface area (Å²) in [6.07, 6.45) is 8.00. The van der Waals surface area contributed by atoms with Crippen LogP contribution in [0.4, 0.5) is 0 Å². The van der Waals surface area contributed by atoms with Gasteiger partial charge in [-0.3, -0.25) is 4.90 Å². The van der Waals surface area contributed by atoms with Crippen LogP contribution in [-0.2, 0) is 6.54 Å². The fourth-order valence-electron chi connectivity index (χ4n) is 3.35. The smallest absolute Gasteiger partial charge is 0.139 e. The Morgan fingerprint density at radius 3 is 3.00 bits per heavy atom. The van der Waals surface area contributed by atoms with Crippen LogP contribution in [0.1, 0.15) is 37.4 Å². The van der Waals surface area contributed by atoms with Gasteiger partial charge in [0.15, 0.2) is 0 Å². The molecule has 4 heteroatoms. The third kappa shape index (κ3) is 2.45. The largest absolute Gasteiger partial charge is 0.329 e. The first-order valence-electron chi connectivity index (χ1n) is 7.58. The first-order chi connectivity index (χ1) is 9.69. The molecule has 0 spiro atoms. The van der Waals surface area contributed by atoms with Crippen LogP contribution in [0.5, 0.6) is 0 Å². The molecule has 20 heavy (non-hydrogen) atoms. The third-order valence-corrected chi connectivity index (χ3v) is 4.54. The first-order valence-corrected chi connectivity index (χ1v) is 7.58. The van der Waals surface area contributed by atoms with Gasteiger partial charge in [-0.15, -0.1) is 0 Å². The molecule has 1 fully saturated rings. The topological polar surface area (TPSA) is 46.6 Å². The number of nitrogens with two attached hydrogens (primary N) is 1. The summed E-state index contributed by atoms with van der Waals surface area (Å²) in [5.74, 6) is 0. The molecule has 1 saturated heterocycles. The SMILES string of the molecule is Cc1cccn2cc(CN3C(C)CCCC3CN)nc12. The highest BCUT2D eigenvalue weighted by molar-refractivity contribution is 5.47. The van der Waals surface area contributed by atoms with Crippen LogP contribution in [0.2, 0.25) is 0 Å².